The van der Waals surface area contributed by atoms with Gasteiger partial charge in [0, 0.05) is 24.2 Å². The van der Waals surface area contributed by atoms with Gasteiger partial charge in [0.25, 0.3) is 0 Å². The van der Waals surface area contributed by atoms with Crippen LogP contribution in [0.15, 0.2) is 24.3 Å². The van der Waals surface area contributed by atoms with Gasteiger partial charge in [0.2, 0.25) is 5.91 Å². The summed E-state index contributed by atoms with van der Waals surface area (Å²) in [6.45, 7) is 1.58. The molecule has 0 spiro atoms. The van der Waals surface area contributed by atoms with Gasteiger partial charge in [-0.1, -0.05) is 29.8 Å². The number of benzene rings is 1. The highest BCUT2D eigenvalue weighted by Crippen LogP contribution is 2.27. The average Bonchev–Trinajstić information content (AvgIpc) is 3.24. The third-order valence-electron chi connectivity index (χ3n) is 4.74. The van der Waals surface area contributed by atoms with E-state index in [-0.39, 0.29) is 5.91 Å². The molecule has 1 aliphatic carbocycles. The standard InChI is InChI=1S/C17H23ClN2O/c1-19(14-8-9-14)17(21)12-20-10-4-6-15(20)11-13-5-2-3-7-16(13)18/h2-3,5,7,14-15H,4,6,8-12H2,1H3/t15-/m0/s1. The number of likely N-dealkylation sites (tertiary alicyclic amines) is 1. The van der Waals surface area contributed by atoms with E-state index in [1.54, 1.807) is 0 Å². The first-order valence-electron chi connectivity index (χ1n) is 7.88. The van der Waals surface area contributed by atoms with Crippen LogP contribution in [-0.4, -0.2) is 47.9 Å². The van der Waals surface area contributed by atoms with E-state index in [0.29, 0.717) is 18.6 Å². The molecule has 3 rings (SSSR count). The van der Waals surface area contributed by atoms with Crippen molar-refractivity contribution in [2.75, 3.05) is 20.1 Å². The Bertz CT molecular complexity index is 515. The highest BCUT2D eigenvalue weighted by molar-refractivity contribution is 6.31. The summed E-state index contributed by atoms with van der Waals surface area (Å²) >= 11 is 6.26. The Hall–Kier alpha value is -1.06. The number of carbonyl (C=O) groups excluding carboxylic acids is 1. The number of nitrogens with zero attached hydrogens (tertiary/aromatic N) is 2. The molecule has 1 aromatic carbocycles. The van der Waals surface area contributed by atoms with Gasteiger partial charge in [-0.25, -0.2) is 0 Å². The molecule has 2 aliphatic rings. The van der Waals surface area contributed by atoms with Gasteiger partial charge in [0.1, 0.15) is 0 Å². The Morgan fingerprint density at radius 3 is 2.81 bits per heavy atom. The predicted octanol–water partition coefficient (Wildman–Crippen LogP) is 2.97. The minimum Gasteiger partial charge on any atom is -0.342 e. The number of likely N-dealkylation sites (N-methyl/N-ethyl adjacent to an activating group) is 1. The van der Waals surface area contributed by atoms with Crippen molar-refractivity contribution in [1.29, 1.82) is 0 Å². The fourth-order valence-electron chi connectivity index (χ4n) is 3.20. The summed E-state index contributed by atoms with van der Waals surface area (Å²) in [6.07, 6.45) is 5.62. The molecule has 1 aliphatic heterocycles. The van der Waals surface area contributed by atoms with Crippen molar-refractivity contribution in [3.63, 3.8) is 0 Å². The first kappa shape index (κ1) is 14.9. The van der Waals surface area contributed by atoms with Crippen LogP contribution in [0.5, 0.6) is 0 Å². The van der Waals surface area contributed by atoms with E-state index in [4.69, 9.17) is 11.6 Å². The number of carbonyl (C=O) groups is 1. The van der Waals surface area contributed by atoms with E-state index in [2.05, 4.69) is 11.0 Å². The van der Waals surface area contributed by atoms with Gasteiger partial charge in [-0.3, -0.25) is 9.69 Å². The maximum Gasteiger partial charge on any atom is 0.236 e. The van der Waals surface area contributed by atoms with Gasteiger partial charge in [0.15, 0.2) is 0 Å². The summed E-state index contributed by atoms with van der Waals surface area (Å²) in [5.74, 6) is 0.267. The monoisotopic (exact) mass is 306 g/mol. The van der Waals surface area contributed by atoms with E-state index in [1.807, 2.05) is 30.1 Å². The van der Waals surface area contributed by atoms with E-state index in [0.717, 1.165) is 24.4 Å². The van der Waals surface area contributed by atoms with Gasteiger partial charge < -0.3 is 4.90 Å². The molecule has 0 N–H and O–H groups in total. The van der Waals surface area contributed by atoms with Crippen molar-refractivity contribution in [3.8, 4) is 0 Å². The molecule has 1 aromatic rings. The fourth-order valence-corrected chi connectivity index (χ4v) is 3.42. The van der Waals surface area contributed by atoms with Crippen LogP contribution in [0.4, 0.5) is 0 Å². The van der Waals surface area contributed by atoms with E-state index < -0.39 is 0 Å². The molecule has 4 heteroatoms. The topological polar surface area (TPSA) is 23.6 Å². The lowest BCUT2D eigenvalue weighted by Crippen LogP contribution is -2.42. The van der Waals surface area contributed by atoms with Crippen LogP contribution in [0.1, 0.15) is 31.2 Å². The molecular formula is C17H23ClN2O. The largest absolute Gasteiger partial charge is 0.342 e. The van der Waals surface area contributed by atoms with Crippen molar-refractivity contribution in [1.82, 2.24) is 9.80 Å². The first-order chi connectivity index (χ1) is 10.1. The maximum absolute atomic E-state index is 12.3. The Kier molecular flexibility index (Phi) is 4.51. The minimum atomic E-state index is 0.267. The molecule has 0 radical (unpaired) electrons. The lowest BCUT2D eigenvalue weighted by atomic mass is 10.0. The molecule has 1 atom stereocenters. The van der Waals surface area contributed by atoms with E-state index >= 15 is 0 Å². The van der Waals surface area contributed by atoms with Crippen LogP contribution < -0.4 is 0 Å². The van der Waals surface area contributed by atoms with E-state index in [9.17, 15) is 4.79 Å². The molecule has 0 bridgehead atoms. The second-order valence-electron chi connectivity index (χ2n) is 6.30. The Labute approximate surface area is 131 Å². The number of amides is 1. The number of halogens is 1. The second kappa shape index (κ2) is 6.37. The maximum atomic E-state index is 12.3. The summed E-state index contributed by atoms with van der Waals surface area (Å²) in [5.41, 5.74) is 1.19. The summed E-state index contributed by atoms with van der Waals surface area (Å²) in [7, 11) is 1.94. The van der Waals surface area contributed by atoms with Crippen LogP contribution >= 0.6 is 11.6 Å². The molecule has 1 saturated heterocycles. The van der Waals surface area contributed by atoms with Crippen LogP contribution in [0.2, 0.25) is 5.02 Å². The van der Waals surface area contributed by atoms with Crippen molar-refractivity contribution < 1.29 is 4.79 Å². The summed E-state index contributed by atoms with van der Waals surface area (Å²) < 4.78 is 0. The van der Waals surface area contributed by atoms with Crippen molar-refractivity contribution in [2.45, 2.75) is 44.2 Å². The quantitative estimate of drug-likeness (QED) is 0.835. The molecule has 0 unspecified atom stereocenters. The molecule has 1 saturated carbocycles. The summed E-state index contributed by atoms with van der Waals surface area (Å²) in [6, 6.07) is 8.99. The number of hydrogen-bond acceptors (Lipinski definition) is 2. The van der Waals surface area contributed by atoms with Gasteiger partial charge in [-0.05, 0) is 50.3 Å². The van der Waals surface area contributed by atoms with Crippen molar-refractivity contribution in [3.05, 3.63) is 34.9 Å². The normalized spacial score (nSPS) is 22.5. The molecule has 1 heterocycles. The van der Waals surface area contributed by atoms with Crippen LogP contribution in [0.3, 0.4) is 0 Å². The van der Waals surface area contributed by atoms with Gasteiger partial charge >= 0.3 is 0 Å². The summed E-state index contributed by atoms with van der Waals surface area (Å²) in [4.78, 5) is 16.6. The smallest absolute Gasteiger partial charge is 0.236 e. The Morgan fingerprint density at radius 2 is 2.10 bits per heavy atom. The number of hydrogen-bond donors (Lipinski definition) is 0. The van der Waals surface area contributed by atoms with Gasteiger partial charge in [-0.2, -0.15) is 0 Å². The highest BCUT2D eigenvalue weighted by Gasteiger charge is 2.32. The lowest BCUT2D eigenvalue weighted by molar-refractivity contribution is -0.131. The highest BCUT2D eigenvalue weighted by atomic mass is 35.5. The molecule has 21 heavy (non-hydrogen) atoms. The number of rotatable bonds is 5. The molecule has 0 aromatic heterocycles. The van der Waals surface area contributed by atoms with Gasteiger partial charge in [-0.15, -0.1) is 0 Å². The third-order valence-corrected chi connectivity index (χ3v) is 5.11. The van der Waals surface area contributed by atoms with Crippen molar-refractivity contribution in [2.24, 2.45) is 0 Å². The summed E-state index contributed by atoms with van der Waals surface area (Å²) in [5, 5.41) is 0.839. The molecule has 1 amide bonds. The Balaban J connectivity index is 1.60. The zero-order chi connectivity index (χ0) is 14.8. The SMILES string of the molecule is CN(C(=O)CN1CCC[C@H]1Cc1ccccc1Cl)C1CC1. The van der Waals surface area contributed by atoms with E-state index in [1.165, 1.54) is 24.8 Å². The van der Waals surface area contributed by atoms with Gasteiger partial charge in [0.05, 0.1) is 6.54 Å². The molecular weight excluding hydrogens is 284 g/mol. The predicted molar refractivity (Wildman–Crippen MR) is 85.5 cm³/mol. The van der Waals surface area contributed by atoms with Crippen molar-refractivity contribution >= 4 is 17.5 Å². The fraction of sp³-hybridized carbons (Fsp3) is 0.588. The third kappa shape index (κ3) is 3.58. The van der Waals surface area contributed by atoms with Crippen LogP contribution in [0.25, 0.3) is 0 Å². The zero-order valence-corrected chi connectivity index (χ0v) is 13.4. The molecule has 3 nitrogen and oxygen atoms in total. The second-order valence-corrected chi connectivity index (χ2v) is 6.71. The van der Waals surface area contributed by atoms with Crippen LogP contribution in [0, 0.1) is 0 Å². The average molecular weight is 307 g/mol. The molecule has 2 fully saturated rings. The molecule has 114 valence electrons. The first-order valence-corrected chi connectivity index (χ1v) is 8.26. The van der Waals surface area contributed by atoms with Crippen LogP contribution in [-0.2, 0) is 11.2 Å². The Morgan fingerprint density at radius 1 is 1.33 bits per heavy atom. The minimum absolute atomic E-state index is 0.267. The zero-order valence-electron chi connectivity index (χ0n) is 12.6. The lowest BCUT2D eigenvalue weighted by Gasteiger charge is -2.27.